The largest absolute Gasteiger partial charge is 0.394 e. The molecule has 1 rings (SSSR count). The molecule has 1 unspecified atom stereocenters. The molecule has 2 amide bonds. The first kappa shape index (κ1) is 15.8. The average Bonchev–Trinajstić information content (AvgIpc) is 2.33. The first-order valence-electron chi connectivity index (χ1n) is 6.37. The van der Waals surface area contributed by atoms with E-state index in [-0.39, 0.29) is 18.7 Å². The number of halogens is 1. The highest BCUT2D eigenvalue weighted by molar-refractivity contribution is 6.31. The molecule has 1 aromatic rings. The summed E-state index contributed by atoms with van der Waals surface area (Å²) < 4.78 is 0. The summed E-state index contributed by atoms with van der Waals surface area (Å²) in [7, 11) is 0. The van der Waals surface area contributed by atoms with Gasteiger partial charge in [0.25, 0.3) is 0 Å². The van der Waals surface area contributed by atoms with Crippen LogP contribution in [0, 0.1) is 12.8 Å². The first-order chi connectivity index (χ1) is 8.93. The summed E-state index contributed by atoms with van der Waals surface area (Å²) in [5.74, 6) is 0.408. The second-order valence-electron chi connectivity index (χ2n) is 5.02. The summed E-state index contributed by atoms with van der Waals surface area (Å²) in [4.78, 5) is 11.9. The van der Waals surface area contributed by atoms with Crippen molar-refractivity contribution in [3.63, 3.8) is 0 Å². The normalized spacial score (nSPS) is 12.3. The summed E-state index contributed by atoms with van der Waals surface area (Å²) >= 11 is 5.99. The Kier molecular flexibility index (Phi) is 6.12. The van der Waals surface area contributed by atoms with Gasteiger partial charge in [-0.05, 0) is 37.0 Å². The smallest absolute Gasteiger partial charge is 0.319 e. The summed E-state index contributed by atoms with van der Waals surface area (Å²) in [5, 5.41) is 15.3. The van der Waals surface area contributed by atoms with Gasteiger partial charge in [0.1, 0.15) is 0 Å². The molecule has 0 aromatic heterocycles. The standard InChI is InChI=1S/C14H21ClN2O2/c1-9(2)7-11(8-18)16-14(19)17-13-6-4-5-12(15)10(13)3/h4-6,9,11,18H,7-8H2,1-3H3,(H2,16,17,19). The topological polar surface area (TPSA) is 61.4 Å². The van der Waals surface area contributed by atoms with E-state index >= 15 is 0 Å². The van der Waals surface area contributed by atoms with Crippen LogP contribution in [0.3, 0.4) is 0 Å². The fourth-order valence-electron chi connectivity index (χ4n) is 1.83. The van der Waals surface area contributed by atoms with Gasteiger partial charge in [-0.1, -0.05) is 31.5 Å². The number of carbonyl (C=O) groups excluding carboxylic acids is 1. The molecule has 0 aliphatic heterocycles. The molecular formula is C14H21ClN2O2. The number of rotatable bonds is 5. The van der Waals surface area contributed by atoms with Crippen molar-refractivity contribution in [3.05, 3.63) is 28.8 Å². The van der Waals surface area contributed by atoms with Crippen LogP contribution in [0.1, 0.15) is 25.8 Å². The SMILES string of the molecule is Cc1c(Cl)cccc1NC(=O)NC(CO)CC(C)C. The van der Waals surface area contributed by atoms with E-state index < -0.39 is 0 Å². The maximum atomic E-state index is 11.9. The predicted octanol–water partition coefficient (Wildman–Crippen LogP) is 3.18. The Balaban J connectivity index is 2.62. The van der Waals surface area contributed by atoms with Gasteiger partial charge in [0.15, 0.2) is 0 Å². The molecule has 106 valence electrons. The van der Waals surface area contributed by atoms with Crippen LogP contribution in [0.2, 0.25) is 5.02 Å². The maximum Gasteiger partial charge on any atom is 0.319 e. The number of nitrogens with one attached hydrogen (secondary N) is 2. The molecule has 0 aliphatic rings. The summed E-state index contributed by atoms with van der Waals surface area (Å²) in [6.45, 7) is 5.86. The van der Waals surface area contributed by atoms with E-state index in [1.165, 1.54) is 0 Å². The van der Waals surface area contributed by atoms with Gasteiger partial charge in [-0.15, -0.1) is 0 Å². The zero-order valence-corrected chi connectivity index (χ0v) is 12.3. The van der Waals surface area contributed by atoms with Crippen molar-refractivity contribution in [2.24, 2.45) is 5.92 Å². The zero-order valence-electron chi connectivity index (χ0n) is 11.5. The molecule has 4 nitrogen and oxygen atoms in total. The van der Waals surface area contributed by atoms with E-state index in [1.807, 2.05) is 20.8 Å². The number of carbonyl (C=O) groups is 1. The molecule has 5 heteroatoms. The minimum absolute atomic E-state index is 0.0693. The van der Waals surface area contributed by atoms with Gasteiger partial charge < -0.3 is 15.7 Å². The molecule has 0 fully saturated rings. The van der Waals surface area contributed by atoms with Gasteiger partial charge in [-0.3, -0.25) is 0 Å². The van der Waals surface area contributed by atoms with Gasteiger partial charge in [0, 0.05) is 10.7 Å². The van der Waals surface area contributed by atoms with Crippen LogP contribution in [-0.2, 0) is 0 Å². The van der Waals surface area contributed by atoms with Crippen LogP contribution in [0.4, 0.5) is 10.5 Å². The van der Waals surface area contributed by atoms with Crippen molar-refractivity contribution in [2.75, 3.05) is 11.9 Å². The number of anilines is 1. The number of benzene rings is 1. The van der Waals surface area contributed by atoms with Gasteiger partial charge in [-0.2, -0.15) is 0 Å². The Morgan fingerprint density at radius 3 is 2.68 bits per heavy atom. The van der Waals surface area contributed by atoms with Crippen LogP contribution in [0.5, 0.6) is 0 Å². The summed E-state index contributed by atoms with van der Waals surface area (Å²) in [6.07, 6.45) is 0.735. The van der Waals surface area contributed by atoms with E-state index in [0.717, 1.165) is 12.0 Å². The minimum Gasteiger partial charge on any atom is -0.394 e. The molecule has 1 atom stereocenters. The predicted molar refractivity (Wildman–Crippen MR) is 78.7 cm³/mol. The lowest BCUT2D eigenvalue weighted by molar-refractivity contribution is 0.214. The van der Waals surface area contributed by atoms with Gasteiger partial charge >= 0.3 is 6.03 Å². The Hall–Kier alpha value is -1.26. The lowest BCUT2D eigenvalue weighted by Gasteiger charge is -2.19. The average molecular weight is 285 g/mol. The van der Waals surface area contributed by atoms with Crippen molar-refractivity contribution >= 4 is 23.3 Å². The van der Waals surface area contributed by atoms with Crippen LogP contribution in [0.25, 0.3) is 0 Å². The molecule has 0 bridgehead atoms. The molecule has 0 aliphatic carbocycles. The molecule has 1 aromatic carbocycles. The first-order valence-corrected chi connectivity index (χ1v) is 6.75. The second-order valence-corrected chi connectivity index (χ2v) is 5.43. The molecule has 0 heterocycles. The maximum absolute atomic E-state index is 11.9. The molecule has 0 saturated heterocycles. The van der Waals surface area contributed by atoms with Crippen LogP contribution < -0.4 is 10.6 Å². The van der Waals surface area contributed by atoms with Crippen molar-refractivity contribution in [3.8, 4) is 0 Å². The number of hydrogen-bond acceptors (Lipinski definition) is 2. The molecule has 0 radical (unpaired) electrons. The van der Waals surface area contributed by atoms with Crippen LogP contribution in [-0.4, -0.2) is 23.8 Å². The van der Waals surface area contributed by atoms with E-state index in [0.29, 0.717) is 16.6 Å². The van der Waals surface area contributed by atoms with E-state index in [4.69, 9.17) is 11.6 Å². The number of aliphatic hydroxyl groups is 1. The number of aliphatic hydroxyl groups excluding tert-OH is 1. The summed E-state index contributed by atoms with van der Waals surface area (Å²) in [6, 6.07) is 4.78. The third kappa shape index (κ3) is 5.09. The quantitative estimate of drug-likeness (QED) is 0.778. The molecular weight excluding hydrogens is 264 g/mol. The zero-order chi connectivity index (χ0) is 14.4. The monoisotopic (exact) mass is 284 g/mol. The third-order valence-corrected chi connectivity index (χ3v) is 3.24. The molecule has 3 N–H and O–H groups in total. The number of amides is 2. The van der Waals surface area contributed by atoms with E-state index in [2.05, 4.69) is 10.6 Å². The van der Waals surface area contributed by atoms with Crippen LogP contribution in [0.15, 0.2) is 18.2 Å². The minimum atomic E-state index is -0.329. The van der Waals surface area contributed by atoms with E-state index in [1.54, 1.807) is 18.2 Å². The van der Waals surface area contributed by atoms with Crippen molar-refractivity contribution in [1.29, 1.82) is 0 Å². The van der Waals surface area contributed by atoms with Gasteiger partial charge in [0.05, 0.1) is 12.6 Å². The molecule has 0 saturated carbocycles. The van der Waals surface area contributed by atoms with Gasteiger partial charge in [0.2, 0.25) is 0 Å². The lowest BCUT2D eigenvalue weighted by atomic mass is 10.0. The Labute approximate surface area is 119 Å². The molecule has 19 heavy (non-hydrogen) atoms. The van der Waals surface area contributed by atoms with E-state index in [9.17, 15) is 9.90 Å². The highest BCUT2D eigenvalue weighted by Gasteiger charge is 2.13. The third-order valence-electron chi connectivity index (χ3n) is 2.83. The van der Waals surface area contributed by atoms with Crippen molar-refractivity contribution in [1.82, 2.24) is 5.32 Å². The Bertz CT molecular complexity index is 435. The van der Waals surface area contributed by atoms with Gasteiger partial charge in [-0.25, -0.2) is 4.79 Å². The summed E-state index contributed by atoms with van der Waals surface area (Å²) in [5.41, 5.74) is 1.50. The molecule has 0 spiro atoms. The number of hydrogen-bond donors (Lipinski definition) is 3. The van der Waals surface area contributed by atoms with Crippen molar-refractivity contribution < 1.29 is 9.90 Å². The fraction of sp³-hybridized carbons (Fsp3) is 0.500. The highest BCUT2D eigenvalue weighted by Crippen LogP contribution is 2.22. The highest BCUT2D eigenvalue weighted by atomic mass is 35.5. The second kappa shape index (κ2) is 7.36. The van der Waals surface area contributed by atoms with Crippen molar-refractivity contribution in [2.45, 2.75) is 33.2 Å². The Morgan fingerprint density at radius 2 is 2.11 bits per heavy atom. The fourth-order valence-corrected chi connectivity index (χ4v) is 2.01. The Morgan fingerprint density at radius 1 is 1.42 bits per heavy atom. The lowest BCUT2D eigenvalue weighted by Crippen LogP contribution is -2.41. The number of urea groups is 1. The van der Waals surface area contributed by atoms with Crippen LogP contribution >= 0.6 is 11.6 Å².